The normalized spacial score (nSPS) is 10.7. The molecule has 0 saturated heterocycles. The maximum atomic E-state index is 12.4. The van der Waals surface area contributed by atoms with Gasteiger partial charge in [-0.1, -0.05) is 6.07 Å². The molecule has 4 nitrogen and oxygen atoms in total. The summed E-state index contributed by atoms with van der Waals surface area (Å²) in [6.07, 6.45) is 1.90. The number of aromatic nitrogens is 3. The van der Waals surface area contributed by atoms with Crippen LogP contribution in [0.15, 0.2) is 40.6 Å². The zero-order valence-corrected chi connectivity index (χ0v) is 11.2. The first kappa shape index (κ1) is 11.3. The fourth-order valence-electron chi connectivity index (χ4n) is 1.74. The summed E-state index contributed by atoms with van der Waals surface area (Å²) < 4.78 is 10.2. The summed E-state index contributed by atoms with van der Waals surface area (Å²) in [6, 6.07) is 7.59. The fourth-order valence-corrected chi connectivity index (χ4v) is 3.07. The van der Waals surface area contributed by atoms with Crippen molar-refractivity contribution in [1.29, 1.82) is 0 Å². The Kier molecular flexibility index (Phi) is 2.81. The summed E-state index contributed by atoms with van der Waals surface area (Å²) in [5.41, 5.74) is 1.65. The standard InChI is InChI=1S/C12H9N3OS2/c1-15-6-2-4-8(15)10-12(16)11(14-18-13-10)9-5-3-7-17-9/h2-7H,1H3. The summed E-state index contributed by atoms with van der Waals surface area (Å²) in [5, 5.41) is 1.93. The SMILES string of the molecule is Cn1cccc1-c1nsnc(-c2cccs2)c1=O. The molecule has 0 radical (unpaired) electrons. The molecular weight excluding hydrogens is 266 g/mol. The van der Waals surface area contributed by atoms with Crippen LogP contribution in [0.4, 0.5) is 0 Å². The summed E-state index contributed by atoms with van der Waals surface area (Å²) >= 11 is 2.58. The second-order valence-corrected chi connectivity index (χ2v) is 5.25. The van der Waals surface area contributed by atoms with Gasteiger partial charge in [0.05, 0.1) is 22.3 Å². The molecule has 0 unspecified atom stereocenters. The average Bonchev–Trinajstić information content (AvgIpc) is 3.01. The van der Waals surface area contributed by atoms with E-state index in [0.29, 0.717) is 11.4 Å². The number of nitrogens with zero attached hydrogens (tertiary/aromatic N) is 3. The van der Waals surface area contributed by atoms with Crippen LogP contribution in [0.5, 0.6) is 0 Å². The van der Waals surface area contributed by atoms with Crippen LogP contribution in [0.25, 0.3) is 22.0 Å². The maximum Gasteiger partial charge on any atom is 0.235 e. The van der Waals surface area contributed by atoms with Crippen molar-refractivity contribution in [3.63, 3.8) is 0 Å². The topological polar surface area (TPSA) is 47.8 Å². The Morgan fingerprint density at radius 3 is 2.67 bits per heavy atom. The lowest BCUT2D eigenvalue weighted by atomic mass is 10.2. The second kappa shape index (κ2) is 4.47. The first-order chi connectivity index (χ1) is 8.77. The Hall–Kier alpha value is -1.79. The summed E-state index contributed by atoms with van der Waals surface area (Å²) in [5.74, 6) is 0. The highest BCUT2D eigenvalue weighted by Gasteiger charge is 2.14. The smallest absolute Gasteiger partial charge is 0.235 e. The van der Waals surface area contributed by atoms with Crippen LogP contribution < -0.4 is 5.43 Å². The third kappa shape index (κ3) is 1.79. The Morgan fingerprint density at radius 1 is 1.17 bits per heavy atom. The van der Waals surface area contributed by atoms with Gasteiger partial charge in [0.25, 0.3) is 0 Å². The van der Waals surface area contributed by atoms with E-state index in [-0.39, 0.29) is 5.43 Å². The van der Waals surface area contributed by atoms with Gasteiger partial charge in [-0.15, -0.1) is 11.3 Å². The average molecular weight is 275 g/mol. The van der Waals surface area contributed by atoms with E-state index in [4.69, 9.17) is 0 Å². The number of thiophene rings is 1. The van der Waals surface area contributed by atoms with Gasteiger partial charge in [0.1, 0.15) is 5.69 Å². The van der Waals surface area contributed by atoms with E-state index < -0.39 is 0 Å². The Morgan fingerprint density at radius 2 is 2.00 bits per heavy atom. The third-order valence-corrected chi connectivity index (χ3v) is 4.04. The summed E-state index contributed by atoms with van der Waals surface area (Å²) in [7, 11) is 1.90. The minimum absolute atomic E-state index is 0.113. The molecule has 3 heterocycles. The molecule has 0 aliphatic heterocycles. The van der Waals surface area contributed by atoms with Gasteiger partial charge in [-0.2, -0.15) is 8.75 Å². The van der Waals surface area contributed by atoms with E-state index in [9.17, 15) is 4.79 Å². The van der Waals surface area contributed by atoms with Gasteiger partial charge in [0.15, 0.2) is 5.69 Å². The molecule has 18 heavy (non-hydrogen) atoms. The Bertz CT molecular complexity index is 728. The fraction of sp³-hybridized carbons (Fsp3) is 0.0833. The van der Waals surface area contributed by atoms with Crippen molar-refractivity contribution in [3.05, 3.63) is 46.1 Å². The molecule has 0 saturated carbocycles. The molecule has 3 aromatic heterocycles. The minimum atomic E-state index is -0.113. The van der Waals surface area contributed by atoms with Crippen LogP contribution in [0.3, 0.4) is 0 Å². The van der Waals surface area contributed by atoms with Crippen LogP contribution in [0.2, 0.25) is 0 Å². The second-order valence-electron chi connectivity index (χ2n) is 3.77. The molecule has 0 N–H and O–H groups in total. The molecule has 0 atom stereocenters. The lowest BCUT2D eigenvalue weighted by Gasteiger charge is -2.01. The predicted molar refractivity (Wildman–Crippen MR) is 73.9 cm³/mol. The monoisotopic (exact) mass is 275 g/mol. The van der Waals surface area contributed by atoms with Crippen molar-refractivity contribution in [2.45, 2.75) is 0 Å². The number of hydrogen-bond donors (Lipinski definition) is 0. The van der Waals surface area contributed by atoms with E-state index in [1.807, 2.05) is 47.5 Å². The van der Waals surface area contributed by atoms with Gasteiger partial charge in [-0.05, 0) is 23.6 Å². The van der Waals surface area contributed by atoms with Crippen LogP contribution >= 0.6 is 23.1 Å². The molecule has 0 spiro atoms. The highest BCUT2D eigenvalue weighted by molar-refractivity contribution is 7.13. The van der Waals surface area contributed by atoms with Crippen molar-refractivity contribution in [2.24, 2.45) is 7.05 Å². The van der Waals surface area contributed by atoms with Crippen LogP contribution in [-0.4, -0.2) is 13.3 Å². The molecule has 6 heteroatoms. The van der Waals surface area contributed by atoms with Gasteiger partial charge >= 0.3 is 0 Å². The molecule has 90 valence electrons. The van der Waals surface area contributed by atoms with Crippen molar-refractivity contribution < 1.29 is 0 Å². The zero-order chi connectivity index (χ0) is 12.5. The van der Waals surface area contributed by atoms with Gasteiger partial charge in [-0.3, -0.25) is 4.79 Å². The van der Waals surface area contributed by atoms with Crippen LogP contribution in [0.1, 0.15) is 0 Å². The zero-order valence-electron chi connectivity index (χ0n) is 9.53. The number of hydrogen-bond acceptors (Lipinski definition) is 5. The lowest BCUT2D eigenvalue weighted by Crippen LogP contribution is -2.11. The third-order valence-electron chi connectivity index (χ3n) is 2.64. The van der Waals surface area contributed by atoms with Gasteiger partial charge in [0, 0.05) is 13.2 Å². The van der Waals surface area contributed by atoms with E-state index in [0.717, 1.165) is 22.3 Å². The predicted octanol–water partition coefficient (Wildman–Crippen LogP) is 2.63. The van der Waals surface area contributed by atoms with E-state index in [1.165, 1.54) is 11.3 Å². The van der Waals surface area contributed by atoms with E-state index in [2.05, 4.69) is 8.75 Å². The van der Waals surface area contributed by atoms with Crippen molar-refractivity contribution >= 4 is 23.1 Å². The van der Waals surface area contributed by atoms with Crippen molar-refractivity contribution in [1.82, 2.24) is 13.3 Å². The molecule has 3 rings (SSSR count). The molecule has 0 aliphatic carbocycles. The molecule has 3 aromatic rings. The van der Waals surface area contributed by atoms with Crippen LogP contribution in [0, 0.1) is 0 Å². The highest BCUT2D eigenvalue weighted by atomic mass is 32.1. The molecule has 0 fully saturated rings. The first-order valence-corrected chi connectivity index (χ1v) is 6.91. The van der Waals surface area contributed by atoms with E-state index in [1.54, 1.807) is 0 Å². The number of aryl methyl sites for hydroxylation is 1. The Balaban J connectivity index is 2.23. The van der Waals surface area contributed by atoms with Crippen molar-refractivity contribution in [2.75, 3.05) is 0 Å². The van der Waals surface area contributed by atoms with Gasteiger partial charge in [0.2, 0.25) is 5.43 Å². The maximum absolute atomic E-state index is 12.4. The summed E-state index contributed by atoms with van der Waals surface area (Å²) in [4.78, 5) is 13.3. The Labute approximate surface area is 112 Å². The molecular formula is C12H9N3OS2. The quantitative estimate of drug-likeness (QED) is 0.722. The van der Waals surface area contributed by atoms with E-state index >= 15 is 0 Å². The highest BCUT2D eigenvalue weighted by Crippen LogP contribution is 2.22. The molecule has 0 aliphatic rings. The molecule has 0 aromatic carbocycles. The van der Waals surface area contributed by atoms with Crippen LogP contribution in [-0.2, 0) is 7.05 Å². The van der Waals surface area contributed by atoms with Gasteiger partial charge in [-0.25, -0.2) is 0 Å². The lowest BCUT2D eigenvalue weighted by molar-refractivity contribution is 0.931. The van der Waals surface area contributed by atoms with Crippen molar-refractivity contribution in [3.8, 4) is 22.0 Å². The molecule has 0 bridgehead atoms. The first-order valence-electron chi connectivity index (χ1n) is 5.30. The summed E-state index contributed by atoms with van der Waals surface area (Å²) in [6.45, 7) is 0. The van der Waals surface area contributed by atoms with Gasteiger partial charge < -0.3 is 4.57 Å². The largest absolute Gasteiger partial charge is 0.349 e. The minimum Gasteiger partial charge on any atom is -0.349 e. The molecule has 0 amide bonds. The number of rotatable bonds is 2.